The normalized spacial score (nSPS) is 33.9. The van der Waals surface area contributed by atoms with Gasteiger partial charge >= 0.3 is 6.03 Å². The first-order chi connectivity index (χ1) is 13.1. The maximum Gasteiger partial charge on any atom is 0.324 e. The van der Waals surface area contributed by atoms with Crippen LogP contribution in [0.5, 0.6) is 0 Å². The van der Waals surface area contributed by atoms with Crippen molar-refractivity contribution < 1.29 is 9.59 Å². The number of carbonyl (C=O) groups is 2. The van der Waals surface area contributed by atoms with E-state index in [1.54, 1.807) is 0 Å². The summed E-state index contributed by atoms with van der Waals surface area (Å²) in [5.41, 5.74) is 2.25. The average molecular weight is 368 g/mol. The molecule has 1 aliphatic heterocycles. The van der Waals surface area contributed by atoms with Gasteiger partial charge in [-0.25, -0.2) is 4.79 Å². The molecule has 4 aliphatic carbocycles. The van der Waals surface area contributed by atoms with Crippen LogP contribution in [0.25, 0.3) is 0 Å². The number of nitrogens with zero attached hydrogens (tertiary/aromatic N) is 1. The minimum absolute atomic E-state index is 0.132. The third kappa shape index (κ3) is 3.15. The lowest BCUT2D eigenvalue weighted by molar-refractivity contribution is -0.125. The van der Waals surface area contributed by atoms with Crippen LogP contribution >= 0.6 is 0 Å². The van der Waals surface area contributed by atoms with Crippen LogP contribution in [0, 0.1) is 17.8 Å². The molecule has 27 heavy (non-hydrogen) atoms. The maximum atomic E-state index is 12.3. The number of hydrogen-bond acceptors (Lipinski definition) is 4. The van der Waals surface area contributed by atoms with E-state index in [2.05, 4.69) is 22.0 Å². The molecule has 6 nitrogen and oxygen atoms in total. The van der Waals surface area contributed by atoms with Crippen LogP contribution in [0.1, 0.15) is 38.5 Å². The Morgan fingerprint density at radius 3 is 2.30 bits per heavy atom. The molecule has 3 N–H and O–H groups in total. The highest BCUT2D eigenvalue weighted by atomic mass is 16.2. The predicted octanol–water partition coefficient (Wildman–Crippen LogP) is 3.03. The van der Waals surface area contributed by atoms with E-state index in [0.29, 0.717) is 13.1 Å². The number of hydrogen-bond donors (Lipinski definition) is 3. The highest BCUT2D eigenvalue weighted by molar-refractivity contribution is 5.97. The van der Waals surface area contributed by atoms with Gasteiger partial charge in [-0.05, 0) is 68.4 Å². The molecule has 0 radical (unpaired) electrons. The van der Waals surface area contributed by atoms with Gasteiger partial charge in [-0.15, -0.1) is 0 Å². The standard InChI is InChI=1S/C21H28N4O2/c26-19(25-6-5-22-20(25)27)13-23-17-3-1-2-4-18(17)24-21-10-14-7-15(11-21)9-16(8-14)12-21/h1-4,14-16,23-24H,5-13H2,(H,22,27). The fraction of sp³-hybridized carbons (Fsp3) is 0.619. The van der Waals surface area contributed by atoms with Crippen molar-refractivity contribution in [2.45, 2.75) is 44.1 Å². The van der Waals surface area contributed by atoms with Crippen LogP contribution < -0.4 is 16.0 Å². The molecule has 5 aliphatic rings. The predicted molar refractivity (Wildman–Crippen MR) is 105 cm³/mol. The second-order valence-electron chi connectivity index (χ2n) is 9.00. The molecule has 4 saturated carbocycles. The molecule has 4 bridgehead atoms. The van der Waals surface area contributed by atoms with Crippen molar-refractivity contribution in [1.29, 1.82) is 0 Å². The van der Waals surface area contributed by atoms with Gasteiger partial charge in [-0.1, -0.05) is 12.1 Å². The second-order valence-corrected chi connectivity index (χ2v) is 9.00. The summed E-state index contributed by atoms with van der Waals surface area (Å²) in [6.45, 7) is 1.12. The van der Waals surface area contributed by atoms with Gasteiger partial charge < -0.3 is 16.0 Å². The van der Waals surface area contributed by atoms with Crippen LogP contribution in [-0.2, 0) is 4.79 Å². The number of amides is 3. The summed E-state index contributed by atoms with van der Waals surface area (Å²) in [5, 5.41) is 9.82. The van der Waals surface area contributed by atoms with Gasteiger partial charge in [0.15, 0.2) is 0 Å². The summed E-state index contributed by atoms with van der Waals surface area (Å²) in [4.78, 5) is 25.3. The highest BCUT2D eigenvalue weighted by Crippen LogP contribution is 2.56. The number of imide groups is 1. The molecular formula is C21H28N4O2. The van der Waals surface area contributed by atoms with Gasteiger partial charge in [-0.2, -0.15) is 0 Å². The van der Waals surface area contributed by atoms with Crippen LogP contribution in [0.3, 0.4) is 0 Å². The number of urea groups is 1. The minimum Gasteiger partial charge on any atom is -0.378 e. The molecule has 1 aromatic rings. The van der Waals surface area contributed by atoms with Gasteiger partial charge in [-0.3, -0.25) is 9.69 Å². The Hall–Kier alpha value is -2.24. The van der Waals surface area contributed by atoms with Crippen LogP contribution in [-0.4, -0.2) is 42.0 Å². The molecule has 1 saturated heterocycles. The van der Waals surface area contributed by atoms with Crippen molar-refractivity contribution in [3.63, 3.8) is 0 Å². The van der Waals surface area contributed by atoms with Gasteiger partial charge in [0, 0.05) is 18.6 Å². The van der Waals surface area contributed by atoms with E-state index in [1.807, 2.05) is 18.2 Å². The first kappa shape index (κ1) is 16.9. The first-order valence-corrected chi connectivity index (χ1v) is 10.3. The van der Waals surface area contributed by atoms with Gasteiger partial charge in [0.25, 0.3) is 0 Å². The molecule has 0 unspecified atom stereocenters. The Bertz CT molecular complexity index is 727. The lowest BCUT2D eigenvalue weighted by Crippen LogP contribution is -2.54. The van der Waals surface area contributed by atoms with E-state index in [-0.39, 0.29) is 24.0 Å². The number of rotatable bonds is 5. The Morgan fingerprint density at radius 2 is 1.70 bits per heavy atom. The molecule has 1 heterocycles. The maximum absolute atomic E-state index is 12.3. The van der Waals surface area contributed by atoms with E-state index in [1.165, 1.54) is 43.4 Å². The summed E-state index contributed by atoms with van der Waals surface area (Å²) in [5.74, 6) is 2.48. The first-order valence-electron chi connectivity index (χ1n) is 10.3. The van der Waals surface area contributed by atoms with Crippen molar-refractivity contribution in [3.8, 4) is 0 Å². The number of anilines is 2. The van der Waals surface area contributed by atoms with Crippen molar-refractivity contribution in [2.24, 2.45) is 17.8 Å². The lowest BCUT2D eigenvalue weighted by atomic mass is 9.53. The lowest BCUT2D eigenvalue weighted by Gasteiger charge is -2.57. The Labute approximate surface area is 160 Å². The van der Waals surface area contributed by atoms with E-state index in [9.17, 15) is 9.59 Å². The van der Waals surface area contributed by atoms with E-state index >= 15 is 0 Å². The molecular weight excluding hydrogens is 340 g/mol. The monoisotopic (exact) mass is 368 g/mol. The Morgan fingerprint density at radius 1 is 1.07 bits per heavy atom. The number of carbonyl (C=O) groups excluding carboxylic acids is 2. The third-order valence-electron chi connectivity index (χ3n) is 6.95. The largest absolute Gasteiger partial charge is 0.378 e. The second kappa shape index (κ2) is 6.43. The van der Waals surface area contributed by atoms with Crippen molar-refractivity contribution >= 4 is 23.3 Å². The minimum atomic E-state index is -0.290. The number of nitrogens with one attached hydrogen (secondary N) is 3. The van der Waals surface area contributed by atoms with E-state index in [4.69, 9.17) is 0 Å². The van der Waals surface area contributed by atoms with Crippen molar-refractivity contribution in [3.05, 3.63) is 24.3 Å². The summed E-state index contributed by atoms with van der Waals surface area (Å²) in [6, 6.07) is 7.86. The summed E-state index contributed by atoms with van der Waals surface area (Å²) in [6.07, 6.45) is 8.11. The molecule has 0 spiro atoms. The number of benzene rings is 1. The van der Waals surface area contributed by atoms with Gasteiger partial charge in [0.1, 0.15) is 0 Å². The number of para-hydroxylation sites is 2. The zero-order valence-electron chi connectivity index (χ0n) is 15.7. The van der Waals surface area contributed by atoms with Gasteiger partial charge in [0.2, 0.25) is 5.91 Å². The van der Waals surface area contributed by atoms with Gasteiger partial charge in [0.05, 0.1) is 17.9 Å². The zero-order chi connectivity index (χ0) is 18.4. The SMILES string of the molecule is O=C(CNc1ccccc1NC12CC3CC(CC(C3)C1)C2)N1CCNC1=O. The van der Waals surface area contributed by atoms with Crippen molar-refractivity contribution in [2.75, 3.05) is 30.3 Å². The summed E-state index contributed by atoms with van der Waals surface area (Å²) >= 11 is 0. The Balaban J connectivity index is 1.29. The molecule has 0 atom stereocenters. The smallest absolute Gasteiger partial charge is 0.324 e. The average Bonchev–Trinajstić information content (AvgIpc) is 3.05. The molecule has 1 aromatic carbocycles. The molecule has 6 rings (SSSR count). The Kier molecular flexibility index (Phi) is 4.02. The fourth-order valence-corrected chi connectivity index (χ4v) is 6.27. The summed E-state index contributed by atoms with van der Waals surface area (Å²) in [7, 11) is 0. The quantitative estimate of drug-likeness (QED) is 0.747. The molecule has 6 heteroatoms. The summed E-state index contributed by atoms with van der Waals surface area (Å²) < 4.78 is 0. The molecule has 5 fully saturated rings. The molecule has 144 valence electrons. The van der Waals surface area contributed by atoms with Crippen LogP contribution in [0.2, 0.25) is 0 Å². The highest BCUT2D eigenvalue weighted by Gasteiger charge is 2.51. The van der Waals surface area contributed by atoms with E-state index < -0.39 is 0 Å². The van der Waals surface area contributed by atoms with Crippen molar-refractivity contribution in [1.82, 2.24) is 10.2 Å². The topological polar surface area (TPSA) is 73.5 Å². The van der Waals surface area contributed by atoms with E-state index in [0.717, 1.165) is 29.1 Å². The fourth-order valence-electron chi connectivity index (χ4n) is 6.27. The van der Waals surface area contributed by atoms with Crippen LogP contribution in [0.15, 0.2) is 24.3 Å². The zero-order valence-corrected chi connectivity index (χ0v) is 15.7. The molecule has 0 aromatic heterocycles. The third-order valence-corrected chi connectivity index (χ3v) is 6.95. The van der Waals surface area contributed by atoms with Crippen LogP contribution in [0.4, 0.5) is 16.2 Å². The molecule has 3 amide bonds.